The van der Waals surface area contributed by atoms with E-state index in [0.717, 1.165) is 34.3 Å². The molecule has 0 aliphatic carbocycles. The molecule has 1 aliphatic heterocycles. The molecule has 20 heavy (non-hydrogen) atoms. The van der Waals surface area contributed by atoms with E-state index in [9.17, 15) is 5.11 Å². The van der Waals surface area contributed by atoms with Crippen LogP contribution in [-0.4, -0.2) is 15.4 Å². The van der Waals surface area contributed by atoms with Crippen molar-refractivity contribution < 1.29 is 5.11 Å². The molecule has 0 fully saturated rings. The van der Waals surface area contributed by atoms with Crippen molar-refractivity contribution in [3.8, 4) is 5.88 Å². The van der Waals surface area contributed by atoms with Gasteiger partial charge >= 0.3 is 0 Å². The smallest absolute Gasteiger partial charge is 0.201 e. The topological polar surface area (TPSA) is 37.5 Å². The van der Waals surface area contributed by atoms with Crippen molar-refractivity contribution in [1.82, 2.24) is 4.57 Å². The van der Waals surface area contributed by atoms with Gasteiger partial charge < -0.3 is 9.67 Å². The van der Waals surface area contributed by atoms with Crippen LogP contribution < -0.4 is 0 Å². The summed E-state index contributed by atoms with van der Waals surface area (Å²) in [5.74, 6) is 0.290. The highest BCUT2D eigenvalue weighted by atomic mass is 16.3. The lowest BCUT2D eigenvalue weighted by Crippen LogP contribution is -2.00. The third kappa shape index (κ3) is 1.43. The third-order valence-corrected chi connectivity index (χ3v) is 3.97. The molecule has 98 valence electrons. The van der Waals surface area contributed by atoms with Crippen molar-refractivity contribution in [2.24, 2.45) is 12.0 Å². The van der Waals surface area contributed by atoms with Gasteiger partial charge in [-0.25, -0.2) is 0 Å². The van der Waals surface area contributed by atoms with Crippen LogP contribution in [0.4, 0.5) is 5.69 Å². The second-order valence-electron chi connectivity index (χ2n) is 5.14. The Labute approximate surface area is 116 Å². The minimum Gasteiger partial charge on any atom is -0.494 e. The van der Waals surface area contributed by atoms with Crippen molar-refractivity contribution in [3.05, 3.63) is 59.7 Å². The van der Waals surface area contributed by atoms with Gasteiger partial charge in [-0.2, -0.15) is 0 Å². The van der Waals surface area contributed by atoms with Gasteiger partial charge in [0.25, 0.3) is 0 Å². The first-order valence-electron chi connectivity index (χ1n) is 6.68. The maximum Gasteiger partial charge on any atom is 0.201 e. The summed E-state index contributed by atoms with van der Waals surface area (Å²) < 4.78 is 1.82. The van der Waals surface area contributed by atoms with Crippen molar-refractivity contribution in [2.45, 2.75) is 6.42 Å². The molecular formula is C17H14N2O. The fourth-order valence-electron chi connectivity index (χ4n) is 2.94. The van der Waals surface area contributed by atoms with E-state index in [0.29, 0.717) is 0 Å². The molecule has 1 aromatic heterocycles. The van der Waals surface area contributed by atoms with Gasteiger partial charge in [-0.05, 0) is 17.7 Å². The Kier molecular flexibility index (Phi) is 2.24. The fourth-order valence-corrected chi connectivity index (χ4v) is 2.94. The summed E-state index contributed by atoms with van der Waals surface area (Å²) in [5, 5.41) is 11.5. The Balaban J connectivity index is 1.96. The van der Waals surface area contributed by atoms with Crippen LogP contribution in [-0.2, 0) is 13.5 Å². The number of hydrogen-bond donors (Lipinski definition) is 1. The minimum absolute atomic E-state index is 0.290. The van der Waals surface area contributed by atoms with Crippen LogP contribution in [0.3, 0.4) is 0 Å². The molecule has 4 rings (SSSR count). The van der Waals surface area contributed by atoms with Crippen LogP contribution in [0.5, 0.6) is 5.88 Å². The zero-order valence-corrected chi connectivity index (χ0v) is 11.2. The third-order valence-electron chi connectivity index (χ3n) is 3.97. The number of aromatic hydroxyl groups is 1. The molecule has 1 N–H and O–H groups in total. The van der Waals surface area contributed by atoms with E-state index in [1.807, 2.05) is 54.1 Å². The van der Waals surface area contributed by atoms with E-state index in [1.54, 1.807) is 0 Å². The van der Waals surface area contributed by atoms with Crippen LogP contribution in [0.15, 0.2) is 53.5 Å². The molecule has 2 aromatic carbocycles. The number of aliphatic imine (C=N–C) groups is 1. The Morgan fingerprint density at radius 3 is 2.65 bits per heavy atom. The van der Waals surface area contributed by atoms with E-state index >= 15 is 0 Å². The van der Waals surface area contributed by atoms with Gasteiger partial charge in [0.15, 0.2) is 0 Å². The summed E-state index contributed by atoms with van der Waals surface area (Å²) in [4.78, 5) is 4.69. The standard InChI is InChI=1S/C17H14N2O/c1-19-15-9-5-3-7-12(15)16(17(19)20)14-10-11-6-2-4-8-13(11)18-14/h2-9,20H,10H2,1H3. The van der Waals surface area contributed by atoms with Gasteiger partial charge in [0.05, 0.1) is 22.5 Å². The SMILES string of the molecule is Cn1c(O)c(C2=Nc3ccccc3C2)c2ccccc21. The molecule has 1 aliphatic rings. The van der Waals surface area contributed by atoms with Crippen LogP contribution in [0.1, 0.15) is 11.1 Å². The number of aryl methyl sites for hydroxylation is 1. The Morgan fingerprint density at radius 1 is 1.05 bits per heavy atom. The zero-order valence-electron chi connectivity index (χ0n) is 11.2. The maximum atomic E-state index is 10.4. The Bertz CT molecular complexity index is 859. The summed E-state index contributed by atoms with van der Waals surface area (Å²) in [6, 6.07) is 16.2. The molecule has 3 heteroatoms. The zero-order chi connectivity index (χ0) is 13.7. The second kappa shape index (κ2) is 3.97. The first-order chi connectivity index (χ1) is 9.75. The first kappa shape index (κ1) is 11.3. The Morgan fingerprint density at radius 2 is 1.80 bits per heavy atom. The molecule has 0 spiro atoms. The Hall–Kier alpha value is -2.55. The highest BCUT2D eigenvalue weighted by Crippen LogP contribution is 2.36. The molecule has 0 unspecified atom stereocenters. The normalized spacial score (nSPS) is 13.6. The van der Waals surface area contributed by atoms with Gasteiger partial charge in [0.1, 0.15) is 0 Å². The summed E-state index contributed by atoms with van der Waals surface area (Å²) in [6.45, 7) is 0. The van der Waals surface area contributed by atoms with Gasteiger partial charge in [-0.1, -0.05) is 36.4 Å². The highest BCUT2D eigenvalue weighted by molar-refractivity contribution is 6.16. The minimum atomic E-state index is 0.290. The number of aromatic nitrogens is 1. The molecule has 0 radical (unpaired) electrons. The average molecular weight is 262 g/mol. The number of para-hydroxylation sites is 2. The van der Waals surface area contributed by atoms with E-state index in [1.165, 1.54) is 5.56 Å². The molecule has 0 bridgehead atoms. The quantitative estimate of drug-likeness (QED) is 0.715. The lowest BCUT2D eigenvalue weighted by molar-refractivity contribution is 0.434. The van der Waals surface area contributed by atoms with Gasteiger partial charge in [-0.15, -0.1) is 0 Å². The van der Waals surface area contributed by atoms with Gasteiger partial charge in [-0.3, -0.25) is 4.99 Å². The molecule has 0 saturated carbocycles. The molecule has 0 saturated heterocycles. The molecule has 2 heterocycles. The number of rotatable bonds is 1. The first-order valence-corrected chi connectivity index (χ1v) is 6.68. The lowest BCUT2D eigenvalue weighted by atomic mass is 10.0. The molecule has 0 amide bonds. The summed E-state index contributed by atoms with van der Waals surface area (Å²) in [5.41, 5.74) is 5.06. The number of nitrogens with zero attached hydrogens (tertiary/aromatic N) is 2. The van der Waals surface area contributed by atoms with E-state index in [4.69, 9.17) is 0 Å². The number of benzene rings is 2. The van der Waals surface area contributed by atoms with Crippen LogP contribution in [0.25, 0.3) is 10.9 Å². The van der Waals surface area contributed by atoms with Crippen LogP contribution in [0, 0.1) is 0 Å². The fraction of sp³-hybridized carbons (Fsp3) is 0.118. The monoisotopic (exact) mass is 262 g/mol. The van der Waals surface area contributed by atoms with Crippen molar-refractivity contribution in [3.63, 3.8) is 0 Å². The van der Waals surface area contributed by atoms with E-state index in [2.05, 4.69) is 11.1 Å². The molecule has 3 nitrogen and oxygen atoms in total. The lowest BCUT2D eigenvalue weighted by Gasteiger charge is -2.00. The van der Waals surface area contributed by atoms with Crippen molar-refractivity contribution in [1.29, 1.82) is 0 Å². The molecule has 0 atom stereocenters. The van der Waals surface area contributed by atoms with Crippen LogP contribution in [0.2, 0.25) is 0 Å². The van der Waals surface area contributed by atoms with Crippen LogP contribution >= 0.6 is 0 Å². The van der Waals surface area contributed by atoms with E-state index in [-0.39, 0.29) is 5.88 Å². The second-order valence-corrected chi connectivity index (χ2v) is 5.14. The molecular weight excluding hydrogens is 248 g/mol. The number of fused-ring (bicyclic) bond motifs is 2. The van der Waals surface area contributed by atoms with Gasteiger partial charge in [0.2, 0.25) is 5.88 Å². The number of hydrogen-bond acceptors (Lipinski definition) is 2. The predicted octanol–water partition coefficient (Wildman–Crippen LogP) is 3.56. The maximum absolute atomic E-state index is 10.4. The van der Waals surface area contributed by atoms with Crippen molar-refractivity contribution >= 4 is 22.3 Å². The predicted molar refractivity (Wildman–Crippen MR) is 80.9 cm³/mol. The summed E-state index contributed by atoms with van der Waals surface area (Å²) in [7, 11) is 1.88. The largest absolute Gasteiger partial charge is 0.494 e. The summed E-state index contributed by atoms with van der Waals surface area (Å²) >= 11 is 0. The van der Waals surface area contributed by atoms with Gasteiger partial charge in [0, 0.05) is 18.9 Å². The highest BCUT2D eigenvalue weighted by Gasteiger charge is 2.23. The van der Waals surface area contributed by atoms with E-state index < -0.39 is 0 Å². The summed E-state index contributed by atoms with van der Waals surface area (Å²) in [6.07, 6.45) is 0.776. The van der Waals surface area contributed by atoms with Crippen molar-refractivity contribution in [2.75, 3.05) is 0 Å². The average Bonchev–Trinajstić information content (AvgIpc) is 3.00. The molecule has 3 aromatic rings.